The van der Waals surface area contributed by atoms with E-state index >= 15 is 0 Å². The van der Waals surface area contributed by atoms with Crippen LogP contribution in [0.2, 0.25) is 0 Å². The molecule has 1 aliphatic heterocycles. The number of rotatable bonds is 6. The van der Waals surface area contributed by atoms with Gasteiger partial charge in [0.15, 0.2) is 0 Å². The van der Waals surface area contributed by atoms with Crippen molar-refractivity contribution in [2.45, 2.75) is 19.1 Å². The molecule has 7 heteroatoms. The third-order valence-electron chi connectivity index (χ3n) is 5.42. The Labute approximate surface area is 187 Å². The molecule has 3 aromatic rings. The summed E-state index contributed by atoms with van der Waals surface area (Å²) >= 11 is 0. The van der Waals surface area contributed by atoms with Crippen LogP contribution in [0.4, 0.5) is 20.6 Å². The summed E-state index contributed by atoms with van der Waals surface area (Å²) in [6.45, 7) is 3.00. The number of nitrogens with zero attached hydrogens (tertiary/aromatic N) is 1. The number of ether oxygens (including phenoxy) is 2. The third-order valence-corrected chi connectivity index (χ3v) is 5.42. The van der Waals surface area contributed by atoms with Gasteiger partial charge in [-0.3, -0.25) is 4.90 Å². The average Bonchev–Trinajstić information content (AvgIpc) is 2.83. The zero-order valence-corrected chi connectivity index (χ0v) is 18.0. The fraction of sp³-hybridized carbons (Fsp3) is 0.240. The Balaban J connectivity index is 1.45. The van der Waals surface area contributed by atoms with Crippen LogP contribution in [0.3, 0.4) is 0 Å². The molecule has 0 spiro atoms. The molecule has 0 saturated carbocycles. The summed E-state index contributed by atoms with van der Waals surface area (Å²) in [5, 5.41) is 6.32. The van der Waals surface area contributed by atoms with Crippen LogP contribution >= 0.6 is 0 Å². The number of para-hydroxylation sites is 2. The van der Waals surface area contributed by atoms with Gasteiger partial charge < -0.3 is 20.1 Å². The monoisotopic (exact) mass is 435 g/mol. The van der Waals surface area contributed by atoms with Crippen LogP contribution in [-0.2, 0) is 0 Å². The van der Waals surface area contributed by atoms with Crippen molar-refractivity contribution in [2.75, 3.05) is 30.4 Å². The Morgan fingerprint density at radius 1 is 1.16 bits per heavy atom. The molecule has 0 saturated heterocycles. The van der Waals surface area contributed by atoms with Crippen molar-refractivity contribution < 1.29 is 18.7 Å². The Morgan fingerprint density at radius 2 is 1.94 bits per heavy atom. The van der Waals surface area contributed by atoms with E-state index in [1.54, 1.807) is 12.0 Å². The van der Waals surface area contributed by atoms with Crippen LogP contribution in [0.1, 0.15) is 18.5 Å². The van der Waals surface area contributed by atoms with E-state index in [4.69, 9.17) is 9.47 Å². The minimum absolute atomic E-state index is 0.0763. The number of amides is 2. The highest BCUT2D eigenvalue weighted by atomic mass is 19.1. The average molecular weight is 435 g/mol. The van der Waals surface area contributed by atoms with Gasteiger partial charge in [-0.15, -0.1) is 0 Å². The molecule has 2 amide bonds. The van der Waals surface area contributed by atoms with Crippen LogP contribution in [-0.4, -0.2) is 32.3 Å². The second-order valence-electron chi connectivity index (χ2n) is 7.66. The van der Waals surface area contributed by atoms with Crippen molar-refractivity contribution in [3.05, 3.63) is 84.2 Å². The van der Waals surface area contributed by atoms with Crippen molar-refractivity contribution in [1.29, 1.82) is 0 Å². The Hall–Kier alpha value is -3.58. The van der Waals surface area contributed by atoms with E-state index in [1.165, 1.54) is 24.3 Å². The number of fused-ring (bicyclic) bond motifs is 1. The summed E-state index contributed by atoms with van der Waals surface area (Å²) in [4.78, 5) is 14.7. The Bertz CT molecular complexity index is 1070. The number of benzene rings is 3. The lowest BCUT2D eigenvalue weighted by atomic mass is 10.1. The van der Waals surface area contributed by atoms with Gasteiger partial charge in [-0.1, -0.05) is 24.3 Å². The van der Waals surface area contributed by atoms with Crippen LogP contribution in [0.15, 0.2) is 72.8 Å². The maximum Gasteiger partial charge on any atom is 0.326 e. The SMILES string of the molecule is COc1cccc(C(C)NCC2CN(C(=O)Nc3ccc(F)cc3)c3ccccc3O2)c1. The van der Waals surface area contributed by atoms with Gasteiger partial charge in [-0.2, -0.15) is 0 Å². The molecule has 0 bridgehead atoms. The van der Waals surface area contributed by atoms with Crippen molar-refractivity contribution in [3.8, 4) is 11.5 Å². The largest absolute Gasteiger partial charge is 0.497 e. The molecule has 1 aliphatic rings. The molecule has 2 unspecified atom stereocenters. The standard InChI is InChI=1S/C25H26FN3O3/c1-17(18-6-5-7-21(14-18)31-2)27-15-22-16-29(23-8-3-4-9-24(23)32-22)25(30)28-20-12-10-19(26)11-13-20/h3-14,17,22,27H,15-16H2,1-2H3,(H,28,30). The fourth-order valence-electron chi connectivity index (χ4n) is 3.66. The lowest BCUT2D eigenvalue weighted by Gasteiger charge is -2.35. The van der Waals surface area contributed by atoms with Crippen LogP contribution in [0.25, 0.3) is 0 Å². The molecule has 0 aliphatic carbocycles. The molecular weight excluding hydrogens is 409 g/mol. The first kappa shape index (κ1) is 21.6. The second kappa shape index (κ2) is 9.70. The number of nitrogens with one attached hydrogen (secondary N) is 2. The van der Waals surface area contributed by atoms with E-state index < -0.39 is 0 Å². The van der Waals surface area contributed by atoms with E-state index in [0.717, 1.165) is 11.3 Å². The number of carbonyl (C=O) groups is 1. The molecule has 4 rings (SSSR count). The molecule has 0 aromatic heterocycles. The number of anilines is 2. The first-order valence-corrected chi connectivity index (χ1v) is 10.5. The van der Waals surface area contributed by atoms with Crippen LogP contribution in [0.5, 0.6) is 11.5 Å². The van der Waals surface area contributed by atoms with E-state index in [0.29, 0.717) is 30.2 Å². The molecule has 0 fully saturated rings. The minimum Gasteiger partial charge on any atom is -0.497 e. The van der Waals surface area contributed by atoms with Gasteiger partial charge in [-0.05, 0) is 61.0 Å². The summed E-state index contributed by atoms with van der Waals surface area (Å²) in [7, 11) is 1.65. The molecule has 2 N–H and O–H groups in total. The number of hydrogen-bond donors (Lipinski definition) is 2. The van der Waals surface area contributed by atoms with Gasteiger partial charge in [0.05, 0.1) is 19.3 Å². The van der Waals surface area contributed by atoms with Crippen LogP contribution < -0.4 is 25.0 Å². The van der Waals surface area contributed by atoms with E-state index in [2.05, 4.69) is 17.6 Å². The topological polar surface area (TPSA) is 62.8 Å². The first-order valence-electron chi connectivity index (χ1n) is 10.5. The maximum absolute atomic E-state index is 13.2. The zero-order chi connectivity index (χ0) is 22.5. The molecule has 2 atom stereocenters. The van der Waals surface area contributed by atoms with Gasteiger partial charge in [-0.25, -0.2) is 9.18 Å². The summed E-state index contributed by atoms with van der Waals surface area (Å²) in [6, 6.07) is 20.8. The predicted octanol–water partition coefficient (Wildman–Crippen LogP) is 4.98. The lowest BCUT2D eigenvalue weighted by Crippen LogP contribution is -2.49. The van der Waals surface area contributed by atoms with Gasteiger partial charge in [0.25, 0.3) is 0 Å². The van der Waals surface area contributed by atoms with E-state index in [-0.39, 0.29) is 24.0 Å². The molecule has 166 valence electrons. The Kier molecular flexibility index (Phi) is 6.56. The summed E-state index contributed by atoms with van der Waals surface area (Å²) in [6.07, 6.45) is -0.239. The van der Waals surface area contributed by atoms with E-state index in [1.807, 2.05) is 48.5 Å². The first-order chi connectivity index (χ1) is 15.5. The lowest BCUT2D eigenvalue weighted by molar-refractivity contribution is 0.185. The third kappa shape index (κ3) is 5.00. The predicted molar refractivity (Wildman–Crippen MR) is 123 cm³/mol. The highest BCUT2D eigenvalue weighted by Gasteiger charge is 2.30. The van der Waals surface area contributed by atoms with Gasteiger partial charge in [0.2, 0.25) is 0 Å². The maximum atomic E-state index is 13.2. The normalized spacial score (nSPS) is 16.0. The Morgan fingerprint density at radius 3 is 2.72 bits per heavy atom. The van der Waals surface area contributed by atoms with Gasteiger partial charge in [0.1, 0.15) is 23.4 Å². The van der Waals surface area contributed by atoms with Crippen molar-refractivity contribution >= 4 is 17.4 Å². The van der Waals surface area contributed by atoms with Gasteiger partial charge in [0, 0.05) is 18.3 Å². The highest BCUT2D eigenvalue weighted by molar-refractivity contribution is 6.03. The molecular formula is C25H26FN3O3. The van der Waals surface area contributed by atoms with Gasteiger partial charge >= 0.3 is 6.03 Å². The minimum atomic E-state index is -0.351. The zero-order valence-electron chi connectivity index (χ0n) is 18.0. The molecule has 6 nitrogen and oxygen atoms in total. The number of hydrogen-bond acceptors (Lipinski definition) is 4. The molecule has 32 heavy (non-hydrogen) atoms. The number of carbonyl (C=O) groups excluding carboxylic acids is 1. The van der Waals surface area contributed by atoms with Crippen molar-refractivity contribution in [1.82, 2.24) is 5.32 Å². The smallest absolute Gasteiger partial charge is 0.326 e. The number of methoxy groups -OCH3 is 1. The molecule has 1 heterocycles. The summed E-state index contributed by atoms with van der Waals surface area (Å²) < 4.78 is 24.6. The summed E-state index contributed by atoms with van der Waals surface area (Å²) in [5.74, 6) is 1.10. The fourth-order valence-corrected chi connectivity index (χ4v) is 3.66. The number of urea groups is 1. The summed E-state index contributed by atoms with van der Waals surface area (Å²) in [5.41, 5.74) is 2.33. The molecule has 3 aromatic carbocycles. The quantitative estimate of drug-likeness (QED) is 0.573. The van der Waals surface area contributed by atoms with Crippen molar-refractivity contribution in [2.24, 2.45) is 0 Å². The number of halogens is 1. The van der Waals surface area contributed by atoms with Crippen molar-refractivity contribution in [3.63, 3.8) is 0 Å². The molecule has 0 radical (unpaired) electrons. The van der Waals surface area contributed by atoms with E-state index in [9.17, 15) is 9.18 Å². The van der Waals surface area contributed by atoms with Crippen LogP contribution in [0, 0.1) is 5.82 Å². The second-order valence-corrected chi connectivity index (χ2v) is 7.66. The highest BCUT2D eigenvalue weighted by Crippen LogP contribution is 2.33.